The van der Waals surface area contributed by atoms with Crippen LogP contribution in [0.1, 0.15) is 65.8 Å². The molecule has 6 nitrogen and oxygen atoms in total. The van der Waals surface area contributed by atoms with Crippen LogP contribution in [0.2, 0.25) is 0 Å². The Morgan fingerprint density at radius 1 is 1.25 bits per heavy atom. The molecule has 32 heavy (non-hydrogen) atoms. The van der Waals surface area contributed by atoms with Crippen LogP contribution in [0.3, 0.4) is 0 Å². The molecule has 3 unspecified atom stereocenters. The lowest BCUT2D eigenvalue weighted by molar-refractivity contribution is 0.0767. The fourth-order valence-corrected chi connectivity index (χ4v) is 4.83. The van der Waals surface area contributed by atoms with Gasteiger partial charge in [-0.05, 0) is 47.1 Å². The average molecular weight is 455 g/mol. The topological polar surface area (TPSA) is 105 Å². The van der Waals surface area contributed by atoms with E-state index in [0.717, 1.165) is 28.8 Å². The summed E-state index contributed by atoms with van der Waals surface area (Å²) in [5.74, 6) is -0.142. The highest BCUT2D eigenvalue weighted by molar-refractivity contribution is 7.92. The van der Waals surface area contributed by atoms with E-state index >= 15 is 0 Å². The number of hydrogen-bond donors (Lipinski definition) is 4. The van der Waals surface area contributed by atoms with Crippen molar-refractivity contribution in [1.82, 2.24) is 5.32 Å². The zero-order valence-corrected chi connectivity index (χ0v) is 19.6. The summed E-state index contributed by atoms with van der Waals surface area (Å²) in [6, 6.07) is 13.5. The number of aryl methyl sites for hydroxylation is 1. The van der Waals surface area contributed by atoms with Gasteiger partial charge in [-0.3, -0.25) is 0 Å². The Kier molecular flexibility index (Phi) is 5.77. The van der Waals surface area contributed by atoms with E-state index in [1.165, 1.54) is 5.56 Å². The van der Waals surface area contributed by atoms with Gasteiger partial charge in [-0.1, -0.05) is 57.2 Å². The molecule has 5 N–H and O–H groups in total. The highest BCUT2D eigenvalue weighted by atomic mass is 32.2. The predicted molar refractivity (Wildman–Crippen MR) is 126 cm³/mol. The first kappa shape index (κ1) is 22.7. The Bertz CT molecular complexity index is 1070. The summed E-state index contributed by atoms with van der Waals surface area (Å²) in [5.41, 5.74) is 4.92. The van der Waals surface area contributed by atoms with E-state index in [-0.39, 0.29) is 29.4 Å². The Balaban J connectivity index is 1.52. The molecule has 0 spiro atoms. The molecule has 2 aromatic carbocycles. The van der Waals surface area contributed by atoms with Gasteiger partial charge in [-0.2, -0.15) is 0 Å². The maximum absolute atomic E-state index is 11.9. The van der Waals surface area contributed by atoms with Crippen LogP contribution < -0.4 is 10.5 Å². The van der Waals surface area contributed by atoms with E-state index in [9.17, 15) is 15.0 Å². The first-order chi connectivity index (χ1) is 15.1. The molecule has 1 heterocycles. The van der Waals surface area contributed by atoms with Crippen LogP contribution in [0.15, 0.2) is 53.9 Å². The first-order valence-electron chi connectivity index (χ1n) is 10.7. The summed E-state index contributed by atoms with van der Waals surface area (Å²) >= 11 is 0.522. The van der Waals surface area contributed by atoms with Gasteiger partial charge in [-0.25, -0.2) is 9.93 Å². The zero-order valence-electron chi connectivity index (χ0n) is 18.8. The number of carbonyl (C=O) groups is 1. The molecular weight excluding hydrogens is 424 g/mol. The largest absolute Gasteiger partial charge is 0.508 e. The normalized spacial score (nSPS) is 24.6. The van der Waals surface area contributed by atoms with Crippen molar-refractivity contribution in [2.24, 2.45) is 11.1 Å². The second kappa shape index (κ2) is 8.14. The smallest absolute Gasteiger partial charge is 0.351 e. The van der Waals surface area contributed by atoms with E-state index in [1.54, 1.807) is 12.1 Å². The molecule has 1 aliphatic carbocycles. The fourth-order valence-electron chi connectivity index (χ4n) is 4.65. The molecular formula is C25H30N2O4S. The summed E-state index contributed by atoms with van der Waals surface area (Å²) in [7, 11) is 0. The number of allylic oxidation sites excluding steroid dienone is 1. The molecule has 3 atom stereocenters. The monoisotopic (exact) mass is 454 g/mol. The van der Waals surface area contributed by atoms with Crippen LogP contribution >= 0.6 is 12.2 Å². The first-order valence-corrected chi connectivity index (χ1v) is 11.5. The van der Waals surface area contributed by atoms with Crippen molar-refractivity contribution in [2.75, 3.05) is 6.61 Å². The number of aliphatic hydroxyl groups is 2. The second-order valence-electron chi connectivity index (χ2n) is 9.82. The minimum absolute atomic E-state index is 0.0325. The van der Waals surface area contributed by atoms with E-state index in [1.807, 2.05) is 13.0 Å². The van der Waals surface area contributed by atoms with Crippen LogP contribution in [-0.2, 0) is 15.0 Å². The van der Waals surface area contributed by atoms with Gasteiger partial charge in [0.25, 0.3) is 0 Å². The summed E-state index contributed by atoms with van der Waals surface area (Å²) in [6.45, 7) is 8.39. The summed E-state index contributed by atoms with van der Waals surface area (Å²) < 4.78 is 4.79. The van der Waals surface area contributed by atoms with Crippen molar-refractivity contribution in [2.45, 2.75) is 51.0 Å². The van der Waals surface area contributed by atoms with Gasteiger partial charge in [0.1, 0.15) is 24.0 Å². The van der Waals surface area contributed by atoms with E-state index in [0.29, 0.717) is 23.6 Å². The maximum Gasteiger partial charge on any atom is 0.351 e. The van der Waals surface area contributed by atoms with E-state index < -0.39 is 5.97 Å². The van der Waals surface area contributed by atoms with Gasteiger partial charge >= 0.3 is 5.97 Å². The van der Waals surface area contributed by atoms with Crippen LogP contribution in [-0.4, -0.2) is 22.8 Å². The Morgan fingerprint density at radius 2 is 1.94 bits per heavy atom. The number of aliphatic hydroxyl groups excluding tert-OH is 2. The highest BCUT2D eigenvalue weighted by Crippen LogP contribution is 2.60. The quantitative estimate of drug-likeness (QED) is 0.380. The Labute approximate surface area is 193 Å². The number of rotatable bonds is 6. The molecule has 0 amide bonds. The zero-order chi connectivity index (χ0) is 23.3. The molecule has 7 heteroatoms. The van der Waals surface area contributed by atoms with Crippen molar-refractivity contribution in [1.29, 1.82) is 0 Å². The summed E-state index contributed by atoms with van der Waals surface area (Å²) in [6.07, 6.45) is 0.790. The third-order valence-corrected chi connectivity index (χ3v) is 7.06. The molecule has 0 saturated heterocycles. The fraction of sp³-hybridized carbons (Fsp3) is 0.400. The molecule has 4 rings (SSSR count). The van der Waals surface area contributed by atoms with Crippen LogP contribution in [0, 0.1) is 12.8 Å². The van der Waals surface area contributed by atoms with Crippen molar-refractivity contribution < 1.29 is 19.2 Å². The minimum atomic E-state index is -0.494. The van der Waals surface area contributed by atoms with Crippen LogP contribution in [0.4, 0.5) is 0 Å². The Morgan fingerprint density at radius 3 is 2.47 bits per heavy atom. The number of carbonyl (C=O) groups excluding carboxylic acids is 1. The molecule has 2 aromatic rings. The SMILES string of the molecule is Cc1cc(C2NC(C3CC3(CO)c3ccc(C(C)(C)C)cc3)=C2O)ccc1C(=O)OSN. The van der Waals surface area contributed by atoms with Crippen molar-refractivity contribution in [3.63, 3.8) is 0 Å². The average Bonchev–Trinajstić information content (AvgIpc) is 3.47. The molecule has 1 saturated carbocycles. The van der Waals surface area contributed by atoms with Crippen molar-refractivity contribution in [3.8, 4) is 0 Å². The van der Waals surface area contributed by atoms with Crippen LogP contribution in [0.5, 0.6) is 0 Å². The van der Waals surface area contributed by atoms with Gasteiger partial charge < -0.3 is 19.7 Å². The molecule has 0 aromatic heterocycles. The van der Waals surface area contributed by atoms with Gasteiger partial charge in [-0.15, -0.1) is 0 Å². The predicted octanol–water partition coefficient (Wildman–Crippen LogP) is 4.34. The molecule has 1 aliphatic heterocycles. The number of benzene rings is 2. The molecule has 0 radical (unpaired) electrons. The van der Waals surface area contributed by atoms with E-state index in [4.69, 9.17) is 9.32 Å². The third-order valence-electron chi connectivity index (χ3n) is 6.81. The van der Waals surface area contributed by atoms with E-state index in [2.05, 4.69) is 50.4 Å². The molecule has 170 valence electrons. The number of nitrogens with one attached hydrogen (secondary N) is 1. The lowest BCUT2D eigenvalue weighted by Crippen LogP contribution is -2.37. The van der Waals surface area contributed by atoms with Crippen LogP contribution in [0.25, 0.3) is 0 Å². The van der Waals surface area contributed by atoms with Crippen molar-refractivity contribution >= 4 is 18.2 Å². The van der Waals surface area contributed by atoms with Gasteiger partial charge in [0.15, 0.2) is 0 Å². The second-order valence-corrected chi connectivity index (χ2v) is 10.2. The number of hydrogen-bond acceptors (Lipinski definition) is 7. The minimum Gasteiger partial charge on any atom is -0.508 e. The van der Waals surface area contributed by atoms with Gasteiger partial charge in [0, 0.05) is 11.3 Å². The van der Waals surface area contributed by atoms with Gasteiger partial charge in [0.05, 0.1) is 17.9 Å². The summed E-state index contributed by atoms with van der Waals surface area (Å²) in [4.78, 5) is 11.9. The molecule has 2 aliphatic rings. The lowest BCUT2D eigenvalue weighted by atomic mass is 9.84. The third kappa shape index (κ3) is 3.78. The van der Waals surface area contributed by atoms with Crippen molar-refractivity contribution in [3.05, 3.63) is 81.7 Å². The highest BCUT2D eigenvalue weighted by Gasteiger charge is 2.59. The molecule has 0 bridgehead atoms. The maximum atomic E-state index is 11.9. The lowest BCUT2D eigenvalue weighted by Gasteiger charge is -2.34. The number of nitrogens with two attached hydrogens (primary N) is 1. The van der Waals surface area contributed by atoms with Gasteiger partial charge in [0.2, 0.25) is 0 Å². The molecule has 1 fully saturated rings. The standard InChI is InChI=1S/C25H30N2O4S/c1-14-11-15(5-10-18(14)23(30)31-32-26)20-22(29)21(27-20)19-12-25(19,13-28)17-8-6-16(7-9-17)24(2,3)4/h5-11,19-20,27-29H,12-13,26H2,1-4H3. The summed E-state index contributed by atoms with van der Waals surface area (Å²) in [5, 5.41) is 29.6. The Hall–Kier alpha value is -2.48.